The van der Waals surface area contributed by atoms with Gasteiger partial charge in [-0.25, -0.2) is 5.43 Å². The first-order valence-corrected chi connectivity index (χ1v) is 7.57. The van der Waals surface area contributed by atoms with Gasteiger partial charge in [0.15, 0.2) is 6.61 Å². The van der Waals surface area contributed by atoms with Crippen LogP contribution in [0.2, 0.25) is 0 Å². The molecule has 0 aliphatic heterocycles. The van der Waals surface area contributed by atoms with Gasteiger partial charge in [-0.3, -0.25) is 14.9 Å². The summed E-state index contributed by atoms with van der Waals surface area (Å²) in [6.07, 6.45) is 1.40. The van der Waals surface area contributed by atoms with Gasteiger partial charge in [-0.05, 0) is 64.6 Å². The van der Waals surface area contributed by atoms with Crippen LogP contribution in [-0.4, -0.2) is 23.7 Å². The topological polar surface area (TPSA) is 93.8 Å². The number of carbonyl (C=O) groups is 1. The number of halogens is 1. The van der Waals surface area contributed by atoms with Gasteiger partial charge in [0.1, 0.15) is 5.75 Å². The molecule has 1 N–H and O–H groups in total. The molecule has 2 rings (SSSR count). The average Bonchev–Trinajstić information content (AvgIpc) is 2.55. The monoisotopic (exact) mass is 425 g/mol. The van der Waals surface area contributed by atoms with E-state index in [0.717, 1.165) is 3.57 Å². The molecule has 118 valence electrons. The van der Waals surface area contributed by atoms with Crippen molar-refractivity contribution in [2.45, 2.75) is 0 Å². The maximum atomic E-state index is 11.6. The summed E-state index contributed by atoms with van der Waals surface area (Å²) in [6, 6.07) is 13.1. The van der Waals surface area contributed by atoms with Gasteiger partial charge in [0.05, 0.1) is 11.1 Å². The van der Waals surface area contributed by atoms with E-state index in [0.29, 0.717) is 11.3 Å². The molecule has 0 saturated carbocycles. The number of hydrogen-bond acceptors (Lipinski definition) is 5. The molecule has 2 aromatic rings. The van der Waals surface area contributed by atoms with Crippen LogP contribution in [0, 0.1) is 13.7 Å². The number of nitro benzene ring substituents is 1. The number of nitrogens with one attached hydrogen (secondary N) is 1. The lowest BCUT2D eigenvalue weighted by Gasteiger charge is -2.04. The van der Waals surface area contributed by atoms with Crippen molar-refractivity contribution >= 4 is 40.4 Å². The Kier molecular flexibility index (Phi) is 6.03. The minimum Gasteiger partial charge on any atom is -0.484 e. The highest BCUT2D eigenvalue weighted by Crippen LogP contribution is 2.13. The predicted octanol–water partition coefficient (Wildman–Crippen LogP) is 2.73. The third-order valence-electron chi connectivity index (χ3n) is 2.69. The molecular weight excluding hydrogens is 413 g/mol. The van der Waals surface area contributed by atoms with Gasteiger partial charge in [0.2, 0.25) is 0 Å². The third kappa shape index (κ3) is 5.66. The molecular formula is C15H12IN3O4. The molecule has 0 bridgehead atoms. The average molecular weight is 425 g/mol. The molecule has 23 heavy (non-hydrogen) atoms. The number of nitro groups is 1. The second-order valence-corrected chi connectivity index (χ2v) is 5.63. The fourth-order valence-electron chi connectivity index (χ4n) is 1.57. The van der Waals surface area contributed by atoms with E-state index in [-0.39, 0.29) is 12.3 Å². The van der Waals surface area contributed by atoms with Crippen molar-refractivity contribution in [2.75, 3.05) is 6.61 Å². The van der Waals surface area contributed by atoms with Crippen molar-refractivity contribution in [1.82, 2.24) is 5.43 Å². The Morgan fingerprint density at radius 1 is 1.22 bits per heavy atom. The van der Waals surface area contributed by atoms with Crippen LogP contribution in [0.5, 0.6) is 5.75 Å². The molecule has 0 heterocycles. The van der Waals surface area contributed by atoms with Gasteiger partial charge in [0, 0.05) is 15.7 Å². The van der Waals surface area contributed by atoms with Crippen LogP contribution in [-0.2, 0) is 4.79 Å². The van der Waals surface area contributed by atoms with Crippen LogP contribution >= 0.6 is 22.6 Å². The van der Waals surface area contributed by atoms with E-state index in [1.807, 2.05) is 12.1 Å². The zero-order chi connectivity index (χ0) is 16.7. The van der Waals surface area contributed by atoms with Crippen LogP contribution in [0.3, 0.4) is 0 Å². The first-order valence-electron chi connectivity index (χ1n) is 6.49. The lowest BCUT2D eigenvalue weighted by atomic mass is 10.2. The number of hydrogen-bond donors (Lipinski definition) is 1. The SMILES string of the molecule is O=C(COc1ccc(I)cc1)N/N=C/c1ccc([N+](=O)[O-])cc1. The highest BCUT2D eigenvalue weighted by Gasteiger charge is 2.03. The molecule has 8 heteroatoms. The second kappa shape index (κ2) is 8.22. The summed E-state index contributed by atoms with van der Waals surface area (Å²) in [4.78, 5) is 21.6. The Labute approximate surface area is 145 Å². The number of ether oxygens (including phenoxy) is 1. The highest BCUT2D eigenvalue weighted by atomic mass is 127. The van der Waals surface area contributed by atoms with E-state index >= 15 is 0 Å². The number of non-ortho nitro benzene ring substituents is 1. The second-order valence-electron chi connectivity index (χ2n) is 4.38. The van der Waals surface area contributed by atoms with Gasteiger partial charge in [-0.2, -0.15) is 5.10 Å². The van der Waals surface area contributed by atoms with Gasteiger partial charge in [0.25, 0.3) is 11.6 Å². The molecule has 0 radical (unpaired) electrons. The lowest BCUT2D eigenvalue weighted by molar-refractivity contribution is -0.384. The number of hydrazone groups is 1. The molecule has 0 fully saturated rings. The number of nitrogens with zero attached hydrogens (tertiary/aromatic N) is 2. The standard InChI is InChI=1S/C15H12IN3O4/c16-12-3-7-14(8-4-12)23-10-15(20)18-17-9-11-1-5-13(6-2-11)19(21)22/h1-9H,10H2,(H,18,20)/b17-9+. The summed E-state index contributed by atoms with van der Waals surface area (Å²) in [6.45, 7) is -0.155. The van der Waals surface area contributed by atoms with Crippen LogP contribution in [0.1, 0.15) is 5.56 Å². The normalized spacial score (nSPS) is 10.5. The smallest absolute Gasteiger partial charge is 0.277 e. The van der Waals surface area contributed by atoms with Crippen molar-refractivity contribution in [3.63, 3.8) is 0 Å². The van der Waals surface area contributed by atoms with Gasteiger partial charge in [-0.1, -0.05) is 0 Å². The van der Waals surface area contributed by atoms with Crippen molar-refractivity contribution in [3.8, 4) is 5.75 Å². The fraction of sp³-hybridized carbons (Fsp3) is 0.0667. The summed E-state index contributed by atoms with van der Waals surface area (Å²) in [5.41, 5.74) is 2.95. The van der Waals surface area contributed by atoms with E-state index < -0.39 is 10.8 Å². The predicted molar refractivity (Wildman–Crippen MR) is 93.5 cm³/mol. The fourth-order valence-corrected chi connectivity index (χ4v) is 1.93. The molecule has 0 aliphatic carbocycles. The van der Waals surface area contributed by atoms with Crippen LogP contribution < -0.4 is 10.2 Å². The number of amides is 1. The van der Waals surface area contributed by atoms with Crippen LogP contribution in [0.25, 0.3) is 0 Å². The minimum absolute atomic E-state index is 0.00268. The van der Waals surface area contributed by atoms with E-state index in [1.165, 1.54) is 30.5 Å². The molecule has 0 atom stereocenters. The summed E-state index contributed by atoms with van der Waals surface area (Å²) >= 11 is 2.18. The van der Waals surface area contributed by atoms with Gasteiger partial charge >= 0.3 is 0 Å². The molecule has 1 amide bonds. The molecule has 2 aromatic carbocycles. The van der Waals surface area contributed by atoms with Crippen molar-refractivity contribution < 1.29 is 14.5 Å². The summed E-state index contributed by atoms with van der Waals surface area (Å²) in [5.74, 6) is 0.196. The molecule has 0 spiro atoms. The number of benzene rings is 2. The number of rotatable bonds is 6. The molecule has 0 saturated heterocycles. The Morgan fingerprint density at radius 3 is 2.48 bits per heavy atom. The molecule has 0 unspecified atom stereocenters. The van der Waals surface area contributed by atoms with Crippen molar-refractivity contribution in [1.29, 1.82) is 0 Å². The van der Waals surface area contributed by atoms with Crippen LogP contribution in [0.15, 0.2) is 53.6 Å². The van der Waals surface area contributed by atoms with Gasteiger partial charge < -0.3 is 4.74 Å². The zero-order valence-electron chi connectivity index (χ0n) is 11.8. The van der Waals surface area contributed by atoms with Crippen molar-refractivity contribution in [3.05, 3.63) is 67.8 Å². The largest absolute Gasteiger partial charge is 0.484 e. The molecule has 0 aliphatic rings. The Bertz CT molecular complexity index is 715. The summed E-state index contributed by atoms with van der Waals surface area (Å²) < 4.78 is 6.38. The first-order chi connectivity index (χ1) is 11.0. The van der Waals surface area contributed by atoms with Gasteiger partial charge in [-0.15, -0.1) is 0 Å². The zero-order valence-corrected chi connectivity index (χ0v) is 14.0. The summed E-state index contributed by atoms with van der Waals surface area (Å²) in [7, 11) is 0. The Hall–Kier alpha value is -2.49. The minimum atomic E-state index is -0.482. The number of carbonyl (C=O) groups excluding carboxylic acids is 1. The molecule has 7 nitrogen and oxygen atoms in total. The quantitative estimate of drug-likeness (QED) is 0.333. The van der Waals surface area contributed by atoms with E-state index in [9.17, 15) is 14.9 Å². The van der Waals surface area contributed by atoms with E-state index in [4.69, 9.17) is 4.74 Å². The van der Waals surface area contributed by atoms with E-state index in [2.05, 4.69) is 33.1 Å². The maximum absolute atomic E-state index is 11.6. The van der Waals surface area contributed by atoms with Crippen molar-refractivity contribution in [2.24, 2.45) is 5.10 Å². The Morgan fingerprint density at radius 2 is 1.87 bits per heavy atom. The Balaban J connectivity index is 1.79. The maximum Gasteiger partial charge on any atom is 0.277 e. The first kappa shape index (κ1) is 16.9. The lowest BCUT2D eigenvalue weighted by Crippen LogP contribution is -2.24. The molecule has 0 aromatic heterocycles. The van der Waals surface area contributed by atoms with E-state index in [1.54, 1.807) is 12.1 Å². The van der Waals surface area contributed by atoms with Crippen LogP contribution in [0.4, 0.5) is 5.69 Å². The third-order valence-corrected chi connectivity index (χ3v) is 3.41. The summed E-state index contributed by atoms with van der Waals surface area (Å²) in [5, 5.41) is 14.3. The highest BCUT2D eigenvalue weighted by molar-refractivity contribution is 14.1.